The predicted molar refractivity (Wildman–Crippen MR) is 77.5 cm³/mol. The van der Waals surface area contributed by atoms with E-state index in [1.54, 1.807) is 0 Å². The molecule has 0 aliphatic carbocycles. The molecule has 6 nitrogen and oxygen atoms in total. The molecule has 0 fully saturated rings. The zero-order valence-corrected chi connectivity index (χ0v) is 12.1. The van der Waals surface area contributed by atoms with E-state index >= 15 is 0 Å². The van der Waals surface area contributed by atoms with E-state index in [4.69, 9.17) is 5.73 Å². The van der Waals surface area contributed by atoms with Crippen molar-refractivity contribution < 1.29 is 9.72 Å². The molecular formula is C14H21N3O3. The lowest BCUT2D eigenvalue weighted by Gasteiger charge is -2.31. The molecule has 0 radical (unpaired) electrons. The summed E-state index contributed by atoms with van der Waals surface area (Å²) >= 11 is 0. The maximum Gasteiger partial charge on any atom is 0.269 e. The van der Waals surface area contributed by atoms with Gasteiger partial charge in [-0.3, -0.25) is 14.9 Å². The number of benzene rings is 1. The number of carbonyl (C=O) groups is 1. The molecule has 1 rings (SSSR count). The third-order valence-electron chi connectivity index (χ3n) is 3.06. The van der Waals surface area contributed by atoms with Crippen LogP contribution in [0.1, 0.15) is 37.6 Å². The number of hydrogen-bond acceptors (Lipinski definition) is 4. The number of hydrogen-bond donors (Lipinski definition) is 2. The van der Waals surface area contributed by atoms with Crippen molar-refractivity contribution in [3.8, 4) is 0 Å². The molecule has 3 N–H and O–H groups in total. The first-order valence-corrected chi connectivity index (χ1v) is 6.54. The lowest BCUT2D eigenvalue weighted by atomic mass is 9.90. The Labute approximate surface area is 118 Å². The highest BCUT2D eigenvalue weighted by Crippen LogP contribution is 2.17. The summed E-state index contributed by atoms with van der Waals surface area (Å²) in [6.45, 7) is 6.36. The van der Waals surface area contributed by atoms with Gasteiger partial charge in [0, 0.05) is 29.8 Å². The molecule has 1 amide bonds. The first-order chi connectivity index (χ1) is 9.27. The van der Waals surface area contributed by atoms with Gasteiger partial charge in [-0.15, -0.1) is 0 Å². The Kier molecular flexibility index (Phi) is 5.21. The zero-order chi connectivity index (χ0) is 15.3. The SMILES string of the molecule is CC(C)CC(C)(CN)NC(=O)c1ccc([N+](=O)[O-])cc1. The summed E-state index contributed by atoms with van der Waals surface area (Å²) in [7, 11) is 0. The van der Waals surface area contributed by atoms with E-state index in [1.165, 1.54) is 24.3 Å². The number of nitro groups is 1. The normalized spacial score (nSPS) is 13.8. The molecule has 1 aromatic carbocycles. The molecule has 0 aromatic heterocycles. The van der Waals surface area contributed by atoms with Crippen LogP contribution in [0, 0.1) is 16.0 Å². The standard InChI is InChI=1S/C14H21N3O3/c1-10(2)8-14(3,9-15)16-13(18)11-4-6-12(7-5-11)17(19)20/h4-7,10H,8-9,15H2,1-3H3,(H,16,18). The summed E-state index contributed by atoms with van der Waals surface area (Å²) in [5.74, 6) is 0.134. The molecule has 110 valence electrons. The molecule has 1 aromatic rings. The fourth-order valence-electron chi connectivity index (χ4n) is 2.17. The highest BCUT2D eigenvalue weighted by atomic mass is 16.6. The first kappa shape index (κ1) is 16.1. The summed E-state index contributed by atoms with van der Waals surface area (Å²) in [6.07, 6.45) is 0.766. The number of nitrogens with one attached hydrogen (secondary N) is 1. The van der Waals surface area contributed by atoms with E-state index in [2.05, 4.69) is 19.2 Å². The minimum atomic E-state index is -0.496. The maximum absolute atomic E-state index is 12.1. The third kappa shape index (κ3) is 4.31. The third-order valence-corrected chi connectivity index (χ3v) is 3.06. The zero-order valence-electron chi connectivity index (χ0n) is 12.1. The van der Waals surface area contributed by atoms with Gasteiger partial charge >= 0.3 is 0 Å². The number of nitrogens with two attached hydrogens (primary N) is 1. The second-order valence-corrected chi connectivity index (χ2v) is 5.62. The number of nitrogens with zero attached hydrogens (tertiary/aromatic N) is 1. The van der Waals surface area contributed by atoms with Crippen molar-refractivity contribution in [1.29, 1.82) is 0 Å². The predicted octanol–water partition coefficient (Wildman–Crippen LogP) is 2.09. The summed E-state index contributed by atoms with van der Waals surface area (Å²) in [4.78, 5) is 22.2. The van der Waals surface area contributed by atoms with Crippen LogP contribution in [0.15, 0.2) is 24.3 Å². The van der Waals surface area contributed by atoms with Gasteiger partial charge in [0.2, 0.25) is 0 Å². The minimum absolute atomic E-state index is 0.0367. The van der Waals surface area contributed by atoms with Crippen LogP contribution in [0.25, 0.3) is 0 Å². The molecule has 0 heterocycles. The summed E-state index contributed by atoms with van der Waals surface area (Å²) in [5, 5.41) is 13.5. The molecule has 0 aliphatic rings. The van der Waals surface area contributed by atoms with Gasteiger partial charge < -0.3 is 11.1 Å². The van der Waals surface area contributed by atoms with E-state index in [0.29, 0.717) is 18.0 Å². The number of carbonyl (C=O) groups excluding carboxylic acids is 1. The fraction of sp³-hybridized carbons (Fsp3) is 0.500. The second-order valence-electron chi connectivity index (χ2n) is 5.62. The molecule has 6 heteroatoms. The van der Waals surface area contributed by atoms with Gasteiger partial charge in [-0.25, -0.2) is 0 Å². The van der Waals surface area contributed by atoms with Crippen molar-refractivity contribution in [1.82, 2.24) is 5.32 Å². The van der Waals surface area contributed by atoms with Crippen LogP contribution in [0.4, 0.5) is 5.69 Å². The van der Waals surface area contributed by atoms with Crippen molar-refractivity contribution in [2.45, 2.75) is 32.7 Å². The lowest BCUT2D eigenvalue weighted by Crippen LogP contribution is -2.52. The van der Waals surface area contributed by atoms with Crippen LogP contribution in [0.2, 0.25) is 0 Å². The average Bonchev–Trinajstić information content (AvgIpc) is 2.37. The topological polar surface area (TPSA) is 98.3 Å². The van der Waals surface area contributed by atoms with Crippen LogP contribution >= 0.6 is 0 Å². The minimum Gasteiger partial charge on any atom is -0.346 e. The number of non-ortho nitro benzene ring substituents is 1. The summed E-state index contributed by atoms with van der Waals surface area (Å²) in [5.41, 5.74) is 5.61. The van der Waals surface area contributed by atoms with E-state index in [-0.39, 0.29) is 11.6 Å². The van der Waals surface area contributed by atoms with Gasteiger partial charge in [0.1, 0.15) is 0 Å². The van der Waals surface area contributed by atoms with Crippen LogP contribution < -0.4 is 11.1 Å². The Hall–Kier alpha value is -1.95. The fourth-order valence-corrected chi connectivity index (χ4v) is 2.17. The van der Waals surface area contributed by atoms with Gasteiger partial charge in [-0.2, -0.15) is 0 Å². The second kappa shape index (κ2) is 6.47. The Morgan fingerprint density at radius 3 is 2.35 bits per heavy atom. The van der Waals surface area contributed by atoms with Crippen LogP contribution in [0.5, 0.6) is 0 Å². The Bertz CT molecular complexity index is 485. The highest BCUT2D eigenvalue weighted by Gasteiger charge is 2.26. The molecule has 20 heavy (non-hydrogen) atoms. The molecular weight excluding hydrogens is 258 g/mol. The molecule has 0 saturated carbocycles. The maximum atomic E-state index is 12.1. The molecule has 1 unspecified atom stereocenters. The molecule has 0 aliphatic heterocycles. The van der Waals surface area contributed by atoms with E-state index in [9.17, 15) is 14.9 Å². The molecule has 0 spiro atoms. The van der Waals surface area contributed by atoms with E-state index in [1.807, 2.05) is 6.92 Å². The largest absolute Gasteiger partial charge is 0.346 e. The van der Waals surface area contributed by atoms with Crippen LogP contribution in [-0.2, 0) is 0 Å². The Morgan fingerprint density at radius 2 is 1.95 bits per heavy atom. The Balaban J connectivity index is 2.81. The monoisotopic (exact) mass is 279 g/mol. The van der Waals surface area contributed by atoms with Crippen molar-refractivity contribution >= 4 is 11.6 Å². The smallest absolute Gasteiger partial charge is 0.269 e. The molecule has 1 atom stereocenters. The first-order valence-electron chi connectivity index (χ1n) is 6.54. The van der Waals surface area contributed by atoms with Crippen LogP contribution in [0.3, 0.4) is 0 Å². The summed E-state index contributed by atoms with van der Waals surface area (Å²) in [6, 6.07) is 5.52. The number of rotatable bonds is 6. The number of nitro benzene ring substituents is 1. The van der Waals surface area contributed by atoms with Gasteiger partial charge in [0.25, 0.3) is 11.6 Å². The van der Waals surface area contributed by atoms with E-state index in [0.717, 1.165) is 6.42 Å². The number of amides is 1. The van der Waals surface area contributed by atoms with Crippen molar-refractivity contribution in [3.05, 3.63) is 39.9 Å². The quantitative estimate of drug-likeness (QED) is 0.615. The highest BCUT2D eigenvalue weighted by molar-refractivity contribution is 5.94. The van der Waals surface area contributed by atoms with Crippen molar-refractivity contribution in [2.24, 2.45) is 11.7 Å². The van der Waals surface area contributed by atoms with Crippen molar-refractivity contribution in [3.63, 3.8) is 0 Å². The van der Waals surface area contributed by atoms with Crippen molar-refractivity contribution in [2.75, 3.05) is 6.54 Å². The van der Waals surface area contributed by atoms with Gasteiger partial charge in [0.15, 0.2) is 0 Å². The van der Waals surface area contributed by atoms with Gasteiger partial charge in [0.05, 0.1) is 4.92 Å². The van der Waals surface area contributed by atoms with Gasteiger partial charge in [-0.05, 0) is 31.4 Å². The molecule has 0 saturated heterocycles. The summed E-state index contributed by atoms with van der Waals surface area (Å²) < 4.78 is 0. The van der Waals surface area contributed by atoms with E-state index < -0.39 is 10.5 Å². The van der Waals surface area contributed by atoms with Crippen LogP contribution in [-0.4, -0.2) is 22.9 Å². The Morgan fingerprint density at radius 1 is 1.40 bits per heavy atom. The lowest BCUT2D eigenvalue weighted by molar-refractivity contribution is -0.384. The van der Waals surface area contributed by atoms with Gasteiger partial charge in [-0.1, -0.05) is 13.8 Å². The molecule has 0 bridgehead atoms. The average molecular weight is 279 g/mol.